The average molecular weight is 400 g/mol. The summed E-state index contributed by atoms with van der Waals surface area (Å²) in [5.41, 5.74) is 1.02. The lowest BCUT2D eigenvalue weighted by Crippen LogP contribution is -2.42. The van der Waals surface area contributed by atoms with Crippen LogP contribution in [-0.4, -0.2) is 29.3 Å². The van der Waals surface area contributed by atoms with Gasteiger partial charge in [-0.05, 0) is 42.2 Å². The first-order valence-electron chi connectivity index (χ1n) is 9.01. The van der Waals surface area contributed by atoms with Gasteiger partial charge in [-0.15, -0.1) is 0 Å². The lowest BCUT2D eigenvalue weighted by atomic mass is 9.92. The lowest BCUT2D eigenvalue weighted by Gasteiger charge is -2.22. The number of para-hydroxylation sites is 1. The van der Waals surface area contributed by atoms with Crippen LogP contribution in [0.1, 0.15) is 37.8 Å². The van der Waals surface area contributed by atoms with Gasteiger partial charge in [0, 0.05) is 10.7 Å². The van der Waals surface area contributed by atoms with Gasteiger partial charge >= 0.3 is 6.03 Å². The number of benzene rings is 2. The molecule has 0 unspecified atom stereocenters. The molecule has 2 N–H and O–H groups in total. The first kappa shape index (κ1) is 19.9. The molecule has 1 heterocycles. The summed E-state index contributed by atoms with van der Waals surface area (Å²) in [5, 5.41) is 6.01. The summed E-state index contributed by atoms with van der Waals surface area (Å²) in [5.74, 6) is -0.689. The Hall–Kier alpha value is -2.86. The van der Waals surface area contributed by atoms with E-state index in [9.17, 15) is 14.4 Å². The smallest absolute Gasteiger partial charge is 0.324 e. The van der Waals surface area contributed by atoms with Crippen molar-refractivity contribution in [1.29, 1.82) is 0 Å². The number of carbonyl (C=O) groups excluding carboxylic acids is 3. The van der Waals surface area contributed by atoms with Crippen molar-refractivity contribution in [3.63, 3.8) is 0 Å². The van der Waals surface area contributed by atoms with Gasteiger partial charge in [-0.25, -0.2) is 4.79 Å². The van der Waals surface area contributed by atoms with E-state index in [1.165, 1.54) is 0 Å². The van der Waals surface area contributed by atoms with Crippen LogP contribution in [0.4, 0.5) is 10.5 Å². The van der Waals surface area contributed by atoms with Crippen molar-refractivity contribution in [2.24, 2.45) is 0 Å². The maximum absolute atomic E-state index is 12.9. The number of carbonyl (C=O) groups is 3. The molecule has 0 aliphatic carbocycles. The zero-order chi connectivity index (χ0) is 20.5. The Morgan fingerprint density at radius 3 is 2.43 bits per heavy atom. The van der Waals surface area contributed by atoms with E-state index in [4.69, 9.17) is 11.6 Å². The Bertz CT molecular complexity index is 927. The van der Waals surface area contributed by atoms with Gasteiger partial charge in [0.2, 0.25) is 5.91 Å². The minimum Gasteiger partial charge on any atom is -0.324 e. The van der Waals surface area contributed by atoms with Gasteiger partial charge in [-0.1, -0.05) is 55.8 Å². The molecular formula is C21H22ClN3O3. The summed E-state index contributed by atoms with van der Waals surface area (Å²) in [4.78, 5) is 38.8. The molecule has 2 aromatic carbocycles. The quantitative estimate of drug-likeness (QED) is 0.749. The highest BCUT2D eigenvalue weighted by atomic mass is 35.5. The molecule has 7 heteroatoms. The molecule has 1 aliphatic heterocycles. The Kier molecular flexibility index (Phi) is 5.42. The predicted octanol–water partition coefficient (Wildman–Crippen LogP) is 3.87. The lowest BCUT2D eigenvalue weighted by molar-refractivity contribution is -0.133. The van der Waals surface area contributed by atoms with Gasteiger partial charge in [0.15, 0.2) is 0 Å². The molecule has 0 saturated carbocycles. The highest BCUT2D eigenvalue weighted by Gasteiger charge is 2.49. The number of imide groups is 1. The summed E-state index contributed by atoms with van der Waals surface area (Å²) in [6, 6.07) is 13.5. The number of rotatable bonds is 5. The number of hydrogen-bond acceptors (Lipinski definition) is 3. The van der Waals surface area contributed by atoms with Crippen molar-refractivity contribution in [2.75, 3.05) is 11.9 Å². The van der Waals surface area contributed by atoms with E-state index < -0.39 is 23.4 Å². The van der Waals surface area contributed by atoms with Crippen molar-refractivity contribution >= 4 is 35.1 Å². The van der Waals surface area contributed by atoms with E-state index in [1.54, 1.807) is 37.3 Å². The summed E-state index contributed by atoms with van der Waals surface area (Å²) >= 11 is 5.90. The van der Waals surface area contributed by atoms with E-state index in [1.807, 2.05) is 32.0 Å². The molecule has 28 heavy (non-hydrogen) atoms. The van der Waals surface area contributed by atoms with Gasteiger partial charge in [-0.3, -0.25) is 14.5 Å². The van der Waals surface area contributed by atoms with Crippen molar-refractivity contribution in [3.8, 4) is 0 Å². The van der Waals surface area contributed by atoms with Gasteiger partial charge < -0.3 is 10.6 Å². The number of anilines is 1. The molecule has 4 amide bonds. The van der Waals surface area contributed by atoms with E-state index in [0.29, 0.717) is 16.3 Å². The minimum absolute atomic E-state index is 0.224. The SMILES string of the molecule is CC(C)c1ccccc1NC(=O)CN1C(=O)N[C@@](C)(c2ccc(Cl)cc2)C1=O. The summed E-state index contributed by atoms with van der Waals surface area (Å²) in [6.45, 7) is 5.31. The van der Waals surface area contributed by atoms with Crippen LogP contribution in [-0.2, 0) is 15.1 Å². The number of urea groups is 1. The fraction of sp³-hybridized carbons (Fsp3) is 0.286. The molecular weight excluding hydrogens is 378 g/mol. The van der Waals surface area contributed by atoms with Crippen LogP contribution in [0.15, 0.2) is 48.5 Å². The van der Waals surface area contributed by atoms with Gasteiger partial charge in [0.05, 0.1) is 0 Å². The Morgan fingerprint density at radius 1 is 1.14 bits per heavy atom. The molecule has 2 aromatic rings. The van der Waals surface area contributed by atoms with Crippen LogP contribution in [0.3, 0.4) is 0 Å². The van der Waals surface area contributed by atoms with E-state index in [2.05, 4.69) is 10.6 Å². The molecule has 1 aliphatic rings. The molecule has 0 spiro atoms. The van der Waals surface area contributed by atoms with Crippen LogP contribution in [0, 0.1) is 0 Å². The van der Waals surface area contributed by atoms with Gasteiger partial charge in [-0.2, -0.15) is 0 Å². The zero-order valence-electron chi connectivity index (χ0n) is 16.0. The van der Waals surface area contributed by atoms with Gasteiger partial charge in [0.25, 0.3) is 5.91 Å². The number of hydrogen-bond donors (Lipinski definition) is 2. The standard InChI is InChI=1S/C21H22ClN3O3/c1-13(2)16-6-4-5-7-17(16)23-18(26)12-25-19(27)21(3,24-20(25)28)14-8-10-15(22)11-9-14/h4-11,13H,12H2,1-3H3,(H,23,26)(H,24,28)/t21-/m0/s1. The fourth-order valence-electron chi connectivity index (χ4n) is 3.27. The fourth-order valence-corrected chi connectivity index (χ4v) is 3.39. The Labute approximate surface area is 168 Å². The third kappa shape index (κ3) is 3.73. The molecule has 1 saturated heterocycles. The molecule has 1 atom stereocenters. The molecule has 1 fully saturated rings. The number of nitrogens with one attached hydrogen (secondary N) is 2. The third-order valence-corrected chi connectivity index (χ3v) is 5.11. The molecule has 0 aromatic heterocycles. The van der Waals surface area contributed by atoms with Crippen LogP contribution in [0.5, 0.6) is 0 Å². The highest BCUT2D eigenvalue weighted by molar-refractivity contribution is 6.30. The predicted molar refractivity (Wildman–Crippen MR) is 108 cm³/mol. The Morgan fingerprint density at radius 2 is 1.79 bits per heavy atom. The Balaban J connectivity index is 1.76. The van der Waals surface area contributed by atoms with Crippen molar-refractivity contribution < 1.29 is 14.4 Å². The normalized spacial score (nSPS) is 19.1. The minimum atomic E-state index is -1.24. The first-order valence-corrected chi connectivity index (χ1v) is 9.39. The monoisotopic (exact) mass is 399 g/mol. The van der Waals surface area contributed by atoms with Crippen LogP contribution < -0.4 is 10.6 Å². The average Bonchev–Trinajstić information content (AvgIpc) is 2.86. The van der Waals surface area contributed by atoms with Gasteiger partial charge in [0.1, 0.15) is 12.1 Å². The van der Waals surface area contributed by atoms with Crippen molar-refractivity contribution in [1.82, 2.24) is 10.2 Å². The summed E-state index contributed by atoms with van der Waals surface area (Å²) < 4.78 is 0. The van der Waals surface area contributed by atoms with Crippen molar-refractivity contribution in [2.45, 2.75) is 32.2 Å². The summed E-state index contributed by atoms with van der Waals surface area (Å²) in [6.07, 6.45) is 0. The van der Waals surface area contributed by atoms with Crippen LogP contribution in [0.2, 0.25) is 5.02 Å². The second kappa shape index (κ2) is 7.64. The molecule has 3 rings (SSSR count). The molecule has 0 bridgehead atoms. The van der Waals surface area contributed by atoms with E-state index in [0.717, 1.165) is 10.5 Å². The maximum Gasteiger partial charge on any atom is 0.325 e. The van der Waals surface area contributed by atoms with Crippen molar-refractivity contribution in [3.05, 3.63) is 64.7 Å². The third-order valence-electron chi connectivity index (χ3n) is 4.86. The molecule has 146 valence electrons. The van der Waals surface area contributed by atoms with Crippen LogP contribution >= 0.6 is 11.6 Å². The highest BCUT2D eigenvalue weighted by Crippen LogP contribution is 2.30. The molecule has 6 nitrogen and oxygen atoms in total. The number of halogens is 1. The largest absolute Gasteiger partial charge is 0.325 e. The van der Waals surface area contributed by atoms with Crippen LogP contribution in [0.25, 0.3) is 0 Å². The van der Waals surface area contributed by atoms with E-state index >= 15 is 0 Å². The second-order valence-corrected chi connectivity index (χ2v) is 7.68. The zero-order valence-corrected chi connectivity index (χ0v) is 16.7. The first-order chi connectivity index (χ1) is 13.2. The summed E-state index contributed by atoms with van der Waals surface area (Å²) in [7, 11) is 0. The number of nitrogens with zero attached hydrogens (tertiary/aromatic N) is 1. The second-order valence-electron chi connectivity index (χ2n) is 7.24. The maximum atomic E-state index is 12.9. The molecule has 0 radical (unpaired) electrons. The van der Waals surface area contributed by atoms with E-state index in [-0.39, 0.29) is 12.5 Å². The number of amides is 4. The topological polar surface area (TPSA) is 78.5 Å².